The molecule has 2 aromatic carbocycles. The minimum Gasteiger partial charge on any atom is -0.494 e. The highest BCUT2D eigenvalue weighted by molar-refractivity contribution is 6.02. The van der Waals surface area contributed by atoms with Crippen LogP contribution in [-0.2, 0) is 4.79 Å². The van der Waals surface area contributed by atoms with Crippen molar-refractivity contribution in [3.05, 3.63) is 85.7 Å². The first kappa shape index (κ1) is 29.0. The predicted molar refractivity (Wildman–Crippen MR) is 171 cm³/mol. The Morgan fingerprint density at radius 1 is 0.977 bits per heavy atom. The average molecular weight is 579 g/mol. The van der Waals surface area contributed by atoms with Gasteiger partial charge in [0, 0.05) is 50.0 Å². The minimum atomic E-state index is -0.322. The molecule has 0 bridgehead atoms. The van der Waals surface area contributed by atoms with E-state index in [1.807, 2.05) is 69.7 Å². The molecular formula is C31H34N10O2. The molecule has 0 radical (unpaired) electrons. The van der Waals surface area contributed by atoms with Crippen molar-refractivity contribution in [1.82, 2.24) is 29.6 Å². The second-order valence-electron chi connectivity index (χ2n) is 9.97. The lowest BCUT2D eigenvalue weighted by molar-refractivity contribution is -0.111. The number of hydrogen-bond acceptors (Lipinski definition) is 10. The summed E-state index contributed by atoms with van der Waals surface area (Å²) in [5, 5.41) is 15.2. The minimum absolute atomic E-state index is 0.322. The second kappa shape index (κ2) is 13.0. The quantitative estimate of drug-likeness (QED) is 0.177. The first-order valence-electron chi connectivity index (χ1n) is 13.6. The molecule has 5 aromatic rings. The number of carbonyl (C=O) groups excluding carboxylic acids is 1. The SMILES string of the molecule is C=CC(=O)Nc1cc(Nc2nccc(-n3nc(Nc4ccccn4)c4ccccc43)n2)c(OC)cc1N(C)CCN(C)C. The number of benzene rings is 2. The van der Waals surface area contributed by atoms with Crippen molar-refractivity contribution in [2.75, 3.05) is 62.2 Å². The van der Waals surface area contributed by atoms with Crippen LogP contribution in [0.2, 0.25) is 0 Å². The summed E-state index contributed by atoms with van der Waals surface area (Å²) in [6.45, 7) is 5.16. The number of hydrogen-bond donors (Lipinski definition) is 3. The zero-order valence-electron chi connectivity index (χ0n) is 24.6. The molecule has 0 saturated heterocycles. The molecule has 5 rings (SSSR count). The highest BCUT2D eigenvalue weighted by Gasteiger charge is 2.18. The van der Waals surface area contributed by atoms with Gasteiger partial charge in [-0.1, -0.05) is 24.8 Å². The number of likely N-dealkylation sites (N-methyl/N-ethyl adjacent to an activating group) is 2. The Labute approximate surface area is 250 Å². The molecule has 0 unspecified atom stereocenters. The molecular weight excluding hydrogens is 544 g/mol. The lowest BCUT2D eigenvalue weighted by Gasteiger charge is -2.26. The molecule has 0 spiro atoms. The smallest absolute Gasteiger partial charge is 0.247 e. The average Bonchev–Trinajstić information content (AvgIpc) is 3.38. The van der Waals surface area contributed by atoms with Crippen LogP contribution in [0.3, 0.4) is 0 Å². The molecule has 1 amide bonds. The number of nitrogens with one attached hydrogen (secondary N) is 3. The number of rotatable bonds is 12. The zero-order chi connectivity index (χ0) is 30.3. The number of anilines is 6. The topological polar surface area (TPSA) is 125 Å². The van der Waals surface area contributed by atoms with Crippen molar-refractivity contribution in [2.24, 2.45) is 0 Å². The number of ether oxygens (including phenoxy) is 1. The van der Waals surface area contributed by atoms with Crippen molar-refractivity contribution in [3.8, 4) is 11.6 Å². The molecule has 0 fully saturated rings. The van der Waals surface area contributed by atoms with Gasteiger partial charge in [-0.3, -0.25) is 4.79 Å². The van der Waals surface area contributed by atoms with Crippen LogP contribution in [0.15, 0.2) is 85.7 Å². The number of pyridine rings is 1. The third-order valence-corrected chi connectivity index (χ3v) is 6.66. The Bertz CT molecular complexity index is 1740. The van der Waals surface area contributed by atoms with E-state index in [-0.39, 0.29) is 5.91 Å². The molecule has 3 heterocycles. The van der Waals surface area contributed by atoms with E-state index in [0.29, 0.717) is 40.5 Å². The molecule has 3 aromatic heterocycles. The van der Waals surface area contributed by atoms with Gasteiger partial charge in [-0.05, 0) is 50.5 Å². The Morgan fingerprint density at radius 2 is 1.79 bits per heavy atom. The zero-order valence-corrected chi connectivity index (χ0v) is 24.6. The van der Waals surface area contributed by atoms with Gasteiger partial charge in [-0.25, -0.2) is 14.6 Å². The molecule has 43 heavy (non-hydrogen) atoms. The summed E-state index contributed by atoms with van der Waals surface area (Å²) in [6, 6.07) is 19.0. The van der Waals surface area contributed by atoms with Gasteiger partial charge in [0.25, 0.3) is 0 Å². The summed E-state index contributed by atoms with van der Waals surface area (Å²) in [5.74, 6) is 2.46. The maximum Gasteiger partial charge on any atom is 0.247 e. The second-order valence-corrected chi connectivity index (χ2v) is 9.97. The van der Waals surface area contributed by atoms with Gasteiger partial charge in [0.1, 0.15) is 11.6 Å². The van der Waals surface area contributed by atoms with Gasteiger partial charge in [0.2, 0.25) is 11.9 Å². The lowest BCUT2D eigenvalue weighted by Crippen LogP contribution is -2.29. The summed E-state index contributed by atoms with van der Waals surface area (Å²) in [5.41, 5.74) is 2.83. The normalized spacial score (nSPS) is 10.9. The predicted octanol–water partition coefficient (Wildman–Crippen LogP) is 4.83. The number of para-hydroxylation sites is 1. The molecule has 12 heteroatoms. The first-order valence-corrected chi connectivity index (χ1v) is 13.6. The summed E-state index contributed by atoms with van der Waals surface area (Å²) in [6.07, 6.45) is 4.61. The Morgan fingerprint density at radius 3 is 2.53 bits per heavy atom. The van der Waals surface area contributed by atoms with Crippen LogP contribution in [0.5, 0.6) is 5.75 Å². The van der Waals surface area contributed by atoms with E-state index >= 15 is 0 Å². The van der Waals surface area contributed by atoms with Crippen molar-refractivity contribution < 1.29 is 9.53 Å². The van der Waals surface area contributed by atoms with Crippen LogP contribution in [0.25, 0.3) is 16.7 Å². The standard InChI is InChI=1S/C31H34N10O2/c1-6-29(42)34-22-19-23(26(43-5)20-25(22)40(4)18-17-39(2)3)35-31-33-16-14-28(37-31)41-24-12-8-7-11-21(24)30(38-41)36-27-13-9-10-15-32-27/h6-16,19-20H,1,17-18H2,2-5H3,(H,34,42)(H,32,36,38)(H,33,35,37). The van der Waals surface area contributed by atoms with E-state index < -0.39 is 0 Å². The van der Waals surface area contributed by atoms with Crippen LogP contribution in [0.4, 0.5) is 34.6 Å². The third kappa shape index (κ3) is 6.71. The van der Waals surface area contributed by atoms with Crippen molar-refractivity contribution in [1.29, 1.82) is 0 Å². The monoisotopic (exact) mass is 578 g/mol. The van der Waals surface area contributed by atoms with E-state index in [2.05, 4.69) is 42.3 Å². The van der Waals surface area contributed by atoms with Gasteiger partial charge >= 0.3 is 0 Å². The van der Waals surface area contributed by atoms with Crippen molar-refractivity contribution in [3.63, 3.8) is 0 Å². The largest absolute Gasteiger partial charge is 0.494 e. The Kier molecular flexibility index (Phi) is 8.77. The fourth-order valence-corrected chi connectivity index (χ4v) is 4.44. The van der Waals surface area contributed by atoms with Gasteiger partial charge in [-0.2, -0.15) is 4.98 Å². The van der Waals surface area contributed by atoms with Gasteiger partial charge < -0.3 is 30.5 Å². The third-order valence-electron chi connectivity index (χ3n) is 6.66. The Balaban J connectivity index is 1.49. The molecule has 0 aliphatic heterocycles. The number of aromatic nitrogens is 5. The summed E-state index contributed by atoms with van der Waals surface area (Å²) in [7, 11) is 7.59. The molecule has 0 aliphatic rings. The number of nitrogens with zero attached hydrogens (tertiary/aromatic N) is 7. The summed E-state index contributed by atoms with van der Waals surface area (Å²) >= 11 is 0. The molecule has 0 atom stereocenters. The van der Waals surface area contributed by atoms with Crippen LogP contribution in [0.1, 0.15) is 0 Å². The van der Waals surface area contributed by atoms with E-state index in [1.54, 1.807) is 36.3 Å². The van der Waals surface area contributed by atoms with E-state index in [0.717, 1.165) is 29.7 Å². The van der Waals surface area contributed by atoms with Crippen LogP contribution >= 0.6 is 0 Å². The summed E-state index contributed by atoms with van der Waals surface area (Å²) < 4.78 is 7.49. The van der Waals surface area contributed by atoms with Crippen LogP contribution in [-0.4, -0.2) is 76.9 Å². The highest BCUT2D eigenvalue weighted by Crippen LogP contribution is 2.38. The molecule has 0 saturated carbocycles. The molecule has 220 valence electrons. The fourth-order valence-electron chi connectivity index (χ4n) is 4.44. The highest BCUT2D eigenvalue weighted by atomic mass is 16.5. The van der Waals surface area contributed by atoms with Crippen molar-refractivity contribution >= 4 is 51.5 Å². The maximum absolute atomic E-state index is 12.3. The maximum atomic E-state index is 12.3. The lowest BCUT2D eigenvalue weighted by atomic mass is 10.2. The van der Waals surface area contributed by atoms with Gasteiger partial charge in [-0.15, -0.1) is 5.10 Å². The van der Waals surface area contributed by atoms with Gasteiger partial charge in [0.05, 0.1) is 29.7 Å². The number of amides is 1. The number of carbonyl (C=O) groups is 1. The van der Waals surface area contributed by atoms with E-state index in [9.17, 15) is 4.79 Å². The molecule has 0 aliphatic carbocycles. The molecule has 3 N–H and O–H groups in total. The van der Waals surface area contributed by atoms with E-state index in [1.165, 1.54) is 6.08 Å². The van der Waals surface area contributed by atoms with Crippen molar-refractivity contribution in [2.45, 2.75) is 0 Å². The van der Waals surface area contributed by atoms with Gasteiger partial charge in [0.15, 0.2) is 11.6 Å². The van der Waals surface area contributed by atoms with E-state index in [4.69, 9.17) is 14.8 Å². The number of fused-ring (bicyclic) bond motifs is 1. The van der Waals surface area contributed by atoms with Crippen LogP contribution in [0, 0.1) is 0 Å². The Hall–Kier alpha value is -5.49. The summed E-state index contributed by atoms with van der Waals surface area (Å²) in [4.78, 5) is 30.0. The number of methoxy groups -OCH3 is 1. The van der Waals surface area contributed by atoms with Crippen LogP contribution < -0.4 is 25.6 Å². The molecule has 12 nitrogen and oxygen atoms in total. The fraction of sp³-hybridized carbons (Fsp3) is 0.194. The first-order chi connectivity index (χ1) is 20.9.